The zero-order valence-corrected chi connectivity index (χ0v) is 27.7. The summed E-state index contributed by atoms with van der Waals surface area (Å²) in [6, 6.07) is 13.4. The lowest BCUT2D eigenvalue weighted by molar-refractivity contribution is -0.126. The van der Waals surface area contributed by atoms with Gasteiger partial charge in [-0.05, 0) is 85.9 Å². The molecule has 0 radical (unpaired) electrons. The predicted molar refractivity (Wildman–Crippen MR) is 179 cm³/mol. The number of anilines is 1. The quantitative estimate of drug-likeness (QED) is 0.205. The van der Waals surface area contributed by atoms with E-state index >= 15 is 0 Å². The van der Waals surface area contributed by atoms with E-state index in [2.05, 4.69) is 48.1 Å². The Hall–Kier alpha value is -2.61. The Labute approximate surface area is 269 Å². The Morgan fingerprint density at radius 3 is 2.27 bits per heavy atom. The minimum Gasteiger partial charge on any atom is -0.494 e. The topological polar surface area (TPSA) is 65.1 Å². The van der Waals surface area contributed by atoms with Crippen LogP contribution in [-0.4, -0.2) is 79.9 Å². The Morgan fingerprint density at radius 2 is 1.64 bits per heavy atom. The van der Waals surface area contributed by atoms with Gasteiger partial charge in [-0.2, -0.15) is 0 Å². The van der Waals surface area contributed by atoms with Crippen LogP contribution in [0.15, 0.2) is 42.5 Å². The first-order chi connectivity index (χ1) is 21.3. The fourth-order valence-corrected chi connectivity index (χ4v) is 6.72. The van der Waals surface area contributed by atoms with Gasteiger partial charge in [0.05, 0.1) is 6.61 Å². The smallest absolute Gasteiger partial charge is 0.248 e. The number of nitrogens with one attached hydrogen (secondary N) is 1. The van der Waals surface area contributed by atoms with E-state index in [1.54, 1.807) is 4.90 Å². The first-order valence-electron chi connectivity index (χ1n) is 16.8. The van der Waals surface area contributed by atoms with Crippen LogP contribution in [0.2, 0.25) is 0 Å². The number of nitrogens with zero attached hydrogens (tertiary/aromatic N) is 3. The van der Waals surface area contributed by atoms with Crippen LogP contribution in [0.25, 0.3) is 0 Å². The third kappa shape index (κ3) is 8.55. The predicted octanol–water partition coefficient (Wildman–Crippen LogP) is 6.47. The van der Waals surface area contributed by atoms with Gasteiger partial charge >= 0.3 is 0 Å². The summed E-state index contributed by atoms with van der Waals surface area (Å²) in [6.45, 7) is 10.5. The number of rotatable bonds is 13. The molecule has 44 heavy (non-hydrogen) atoms. The first-order valence-corrected chi connectivity index (χ1v) is 17.3. The molecule has 1 heterocycles. The number of piperazine rings is 1. The highest BCUT2D eigenvalue weighted by molar-refractivity contribution is 6.30. The molecule has 3 fully saturated rings. The largest absolute Gasteiger partial charge is 0.494 e. The molecule has 1 atom stereocenters. The molecule has 0 bridgehead atoms. The van der Waals surface area contributed by atoms with Crippen LogP contribution in [0.4, 0.5) is 5.69 Å². The van der Waals surface area contributed by atoms with E-state index in [0.29, 0.717) is 18.4 Å². The highest BCUT2D eigenvalue weighted by atomic mass is 35.5. The SMILES string of the molecule is CC(C)c1ccc(N(C(=O)CCl)C(C(=O)NC2CCCCC2)c2ccc(OCCCN3CCN(C)CC3)cc2)c(C2CC2)c1. The molecule has 1 aliphatic heterocycles. The van der Waals surface area contributed by atoms with E-state index in [9.17, 15) is 9.59 Å². The summed E-state index contributed by atoms with van der Waals surface area (Å²) in [5.41, 5.74) is 3.95. The fourth-order valence-electron chi connectivity index (χ4n) is 6.60. The van der Waals surface area contributed by atoms with Crippen molar-refractivity contribution in [2.45, 2.75) is 89.1 Å². The number of likely N-dealkylation sites (N-methyl/N-ethyl adjacent to an activating group) is 1. The molecule has 7 nitrogen and oxygen atoms in total. The second kappa shape index (κ2) is 15.6. The van der Waals surface area contributed by atoms with E-state index in [1.807, 2.05) is 30.3 Å². The van der Waals surface area contributed by atoms with E-state index in [1.165, 1.54) is 12.0 Å². The highest BCUT2D eigenvalue weighted by Crippen LogP contribution is 2.47. The van der Waals surface area contributed by atoms with Gasteiger partial charge in [-0.3, -0.25) is 14.5 Å². The van der Waals surface area contributed by atoms with Crippen LogP contribution >= 0.6 is 11.6 Å². The number of carbonyl (C=O) groups excluding carboxylic acids is 2. The lowest BCUT2D eigenvalue weighted by atomic mass is 9.93. The third-order valence-electron chi connectivity index (χ3n) is 9.52. The summed E-state index contributed by atoms with van der Waals surface area (Å²) in [7, 11) is 2.17. The number of carbonyl (C=O) groups is 2. The molecule has 240 valence electrons. The zero-order chi connectivity index (χ0) is 31.1. The van der Waals surface area contributed by atoms with Gasteiger partial charge in [-0.25, -0.2) is 0 Å². The van der Waals surface area contributed by atoms with E-state index in [0.717, 1.165) is 100 Å². The van der Waals surface area contributed by atoms with Crippen LogP contribution in [0.1, 0.15) is 99.8 Å². The standard InChI is InChI=1S/C36H51ClN4O3/c1-26(2)29-14-17-33(32(24-29)27-10-11-27)41(34(42)25-37)35(36(43)38-30-8-5-4-6-9-30)28-12-15-31(16-13-28)44-23-7-18-40-21-19-39(3)20-22-40/h12-17,24,26-27,30,35H,4-11,18-23,25H2,1-3H3,(H,38,43). The molecule has 1 unspecified atom stereocenters. The van der Waals surface area contributed by atoms with Crippen LogP contribution in [0.5, 0.6) is 5.75 Å². The second-order valence-corrected chi connectivity index (χ2v) is 13.6. The van der Waals surface area contributed by atoms with Crippen molar-refractivity contribution in [3.8, 4) is 5.75 Å². The maximum absolute atomic E-state index is 14.2. The van der Waals surface area contributed by atoms with Gasteiger partial charge in [-0.1, -0.05) is 57.4 Å². The zero-order valence-electron chi connectivity index (χ0n) is 26.9. The molecule has 8 heteroatoms. The monoisotopic (exact) mass is 622 g/mol. The molecule has 3 aliphatic rings. The maximum Gasteiger partial charge on any atom is 0.248 e. The minimum atomic E-state index is -0.822. The van der Waals surface area contributed by atoms with Crippen LogP contribution in [-0.2, 0) is 9.59 Å². The van der Waals surface area contributed by atoms with Crippen molar-refractivity contribution < 1.29 is 14.3 Å². The Balaban J connectivity index is 1.38. The fraction of sp³-hybridized carbons (Fsp3) is 0.611. The van der Waals surface area contributed by atoms with Gasteiger partial charge in [-0.15, -0.1) is 11.6 Å². The van der Waals surface area contributed by atoms with Gasteiger partial charge in [0.1, 0.15) is 17.7 Å². The van der Waals surface area contributed by atoms with Crippen molar-refractivity contribution in [1.82, 2.24) is 15.1 Å². The van der Waals surface area contributed by atoms with Crippen molar-refractivity contribution in [3.63, 3.8) is 0 Å². The summed E-state index contributed by atoms with van der Waals surface area (Å²) >= 11 is 6.26. The third-order valence-corrected chi connectivity index (χ3v) is 9.74. The summed E-state index contributed by atoms with van der Waals surface area (Å²) in [5.74, 6) is 0.937. The Morgan fingerprint density at radius 1 is 0.955 bits per heavy atom. The van der Waals surface area contributed by atoms with E-state index in [-0.39, 0.29) is 23.7 Å². The van der Waals surface area contributed by atoms with Crippen molar-refractivity contribution in [2.75, 3.05) is 57.2 Å². The molecule has 2 saturated carbocycles. The second-order valence-electron chi connectivity index (χ2n) is 13.3. The normalized spacial score (nSPS) is 19.1. The summed E-state index contributed by atoms with van der Waals surface area (Å²) < 4.78 is 6.10. The van der Waals surface area contributed by atoms with Gasteiger partial charge in [0.15, 0.2) is 0 Å². The molecular formula is C36H51ClN4O3. The molecule has 2 amide bonds. The van der Waals surface area contributed by atoms with E-state index < -0.39 is 6.04 Å². The number of hydrogen-bond donors (Lipinski definition) is 1. The summed E-state index contributed by atoms with van der Waals surface area (Å²) in [5, 5.41) is 3.32. The molecule has 0 spiro atoms. The molecule has 2 aromatic carbocycles. The Bertz CT molecular complexity index is 1230. The number of hydrogen-bond acceptors (Lipinski definition) is 5. The first kappa shape index (κ1) is 32.8. The van der Waals surface area contributed by atoms with Crippen molar-refractivity contribution >= 4 is 29.1 Å². The average molecular weight is 623 g/mol. The molecular weight excluding hydrogens is 572 g/mol. The molecule has 5 rings (SSSR count). The minimum absolute atomic E-state index is 0.126. The number of alkyl halides is 1. The van der Waals surface area contributed by atoms with Crippen molar-refractivity contribution in [3.05, 3.63) is 59.2 Å². The van der Waals surface area contributed by atoms with Crippen molar-refractivity contribution in [1.29, 1.82) is 0 Å². The van der Waals surface area contributed by atoms with E-state index in [4.69, 9.17) is 16.3 Å². The highest BCUT2D eigenvalue weighted by Gasteiger charge is 2.37. The summed E-state index contributed by atoms with van der Waals surface area (Å²) in [6.07, 6.45) is 8.53. The molecule has 1 N–H and O–H groups in total. The lowest BCUT2D eigenvalue weighted by Crippen LogP contribution is -2.48. The Kier molecular flexibility index (Phi) is 11.6. The lowest BCUT2D eigenvalue weighted by Gasteiger charge is -2.34. The average Bonchev–Trinajstić information content (AvgIpc) is 3.89. The molecule has 0 aromatic heterocycles. The number of amides is 2. The number of benzene rings is 2. The van der Waals surface area contributed by atoms with Gasteiger partial charge in [0, 0.05) is 44.5 Å². The summed E-state index contributed by atoms with van der Waals surface area (Å²) in [4.78, 5) is 34.4. The number of halogens is 1. The van der Waals surface area contributed by atoms with Gasteiger partial charge in [0.25, 0.3) is 0 Å². The van der Waals surface area contributed by atoms with Gasteiger partial charge < -0.3 is 19.9 Å². The molecule has 2 aliphatic carbocycles. The molecule has 2 aromatic rings. The van der Waals surface area contributed by atoms with Gasteiger partial charge in [0.2, 0.25) is 11.8 Å². The van der Waals surface area contributed by atoms with Crippen LogP contribution < -0.4 is 15.0 Å². The van der Waals surface area contributed by atoms with Crippen LogP contribution in [0, 0.1) is 0 Å². The molecule has 1 saturated heterocycles. The van der Waals surface area contributed by atoms with Crippen molar-refractivity contribution in [2.24, 2.45) is 0 Å². The maximum atomic E-state index is 14.2. The van der Waals surface area contributed by atoms with Crippen LogP contribution in [0.3, 0.4) is 0 Å². The number of ether oxygens (including phenoxy) is 1.